The summed E-state index contributed by atoms with van der Waals surface area (Å²) in [5.74, 6) is 0. The van der Waals surface area contributed by atoms with Crippen molar-refractivity contribution in [3.8, 4) is 0 Å². The van der Waals surface area contributed by atoms with Gasteiger partial charge in [-0.25, -0.2) is 0 Å². The van der Waals surface area contributed by atoms with Gasteiger partial charge in [0.1, 0.15) is 0 Å². The van der Waals surface area contributed by atoms with E-state index in [1.165, 1.54) is 12.1 Å². The van der Waals surface area contributed by atoms with Crippen LogP contribution in [0.2, 0.25) is 0 Å². The molecule has 3 nitrogen and oxygen atoms in total. The second-order valence-electron chi connectivity index (χ2n) is 2.29. The molecule has 0 aromatic heterocycles. The average molecular weight is 212 g/mol. The Hall–Kier alpha value is 0.766. The largest absolute Gasteiger partial charge is 1.00 e. The van der Waals surface area contributed by atoms with Crippen LogP contribution in [-0.2, 0) is 10.1 Å². The molecule has 1 rings (SSSR count). The first-order valence-corrected chi connectivity index (χ1v) is 4.48. The molecule has 1 N–H and O–H groups in total. The minimum absolute atomic E-state index is 0. The Morgan fingerprint density at radius 3 is 2.00 bits per heavy atom. The summed E-state index contributed by atoms with van der Waals surface area (Å²) in [7, 11) is -4.02. The van der Waals surface area contributed by atoms with Crippen LogP contribution in [0.3, 0.4) is 0 Å². The summed E-state index contributed by atoms with van der Waals surface area (Å²) in [5, 5.41) is 0. The van der Waals surface area contributed by atoms with Crippen LogP contribution in [-0.4, -0.2) is 13.0 Å². The molecule has 0 aliphatic heterocycles. The van der Waals surface area contributed by atoms with E-state index in [1.54, 1.807) is 12.1 Å². The minimum atomic E-state index is -4.02. The van der Waals surface area contributed by atoms with Crippen molar-refractivity contribution in [1.29, 1.82) is 0 Å². The SMILES string of the molecule is Cc1ccc(S(=O)(=O)O)cc1.[H-].[K+]. The van der Waals surface area contributed by atoms with Crippen molar-refractivity contribution in [1.82, 2.24) is 0 Å². The fourth-order valence-corrected chi connectivity index (χ4v) is 1.19. The molecule has 0 saturated heterocycles. The molecule has 0 amide bonds. The van der Waals surface area contributed by atoms with Crippen molar-refractivity contribution >= 4 is 10.1 Å². The van der Waals surface area contributed by atoms with Crippen molar-refractivity contribution in [2.24, 2.45) is 0 Å². The molecule has 0 fully saturated rings. The number of benzene rings is 1. The molecule has 0 aliphatic rings. The molecule has 5 heteroatoms. The number of hydrogen-bond acceptors (Lipinski definition) is 2. The molecule has 1 aromatic rings. The maximum absolute atomic E-state index is 10.5. The summed E-state index contributed by atoms with van der Waals surface area (Å²) in [6, 6.07) is 5.99. The zero-order valence-electron chi connectivity index (χ0n) is 7.98. The van der Waals surface area contributed by atoms with E-state index in [1.807, 2.05) is 6.92 Å². The summed E-state index contributed by atoms with van der Waals surface area (Å²) in [6.45, 7) is 1.84. The van der Waals surface area contributed by atoms with Crippen LogP contribution < -0.4 is 51.4 Å². The van der Waals surface area contributed by atoms with E-state index in [0.717, 1.165) is 5.56 Å². The van der Waals surface area contributed by atoms with Crippen molar-refractivity contribution in [2.75, 3.05) is 0 Å². The van der Waals surface area contributed by atoms with Crippen LogP contribution >= 0.6 is 0 Å². The van der Waals surface area contributed by atoms with Crippen LogP contribution in [0.25, 0.3) is 0 Å². The standard InChI is InChI=1S/C7H8O3S.K.H/c1-6-2-4-7(5-3-6)11(8,9)10;;/h2-5H,1H3,(H,8,9,10);;/q;+1;-1. The normalized spacial score (nSPS) is 10.5. The molecule has 0 spiro atoms. The predicted octanol–water partition coefficient (Wildman–Crippen LogP) is -1.64. The maximum atomic E-state index is 10.5. The van der Waals surface area contributed by atoms with Gasteiger partial charge in [0.2, 0.25) is 0 Å². The molecule has 0 saturated carbocycles. The Balaban J connectivity index is 0. The van der Waals surface area contributed by atoms with Gasteiger partial charge in [0.15, 0.2) is 0 Å². The van der Waals surface area contributed by atoms with Crippen LogP contribution in [0, 0.1) is 6.92 Å². The van der Waals surface area contributed by atoms with Gasteiger partial charge < -0.3 is 1.43 Å². The van der Waals surface area contributed by atoms with Crippen molar-refractivity contribution < 1.29 is 65.8 Å². The van der Waals surface area contributed by atoms with E-state index in [0.29, 0.717) is 0 Å². The smallest absolute Gasteiger partial charge is 1.00 e. The zero-order valence-corrected chi connectivity index (χ0v) is 10.9. The molecular weight excluding hydrogens is 203 g/mol. The molecule has 1 aromatic carbocycles. The number of hydrogen-bond donors (Lipinski definition) is 1. The molecule has 0 heterocycles. The monoisotopic (exact) mass is 212 g/mol. The third kappa shape index (κ3) is 3.65. The molecule has 0 unspecified atom stereocenters. The van der Waals surface area contributed by atoms with E-state index >= 15 is 0 Å². The quantitative estimate of drug-likeness (QED) is 0.449. The van der Waals surface area contributed by atoms with Gasteiger partial charge in [0.05, 0.1) is 4.90 Å². The summed E-state index contributed by atoms with van der Waals surface area (Å²) in [6.07, 6.45) is 0. The Labute approximate surface area is 116 Å². The fraction of sp³-hybridized carbons (Fsp3) is 0.143. The Bertz CT molecular complexity index is 347. The van der Waals surface area contributed by atoms with Crippen molar-refractivity contribution in [3.63, 3.8) is 0 Å². The van der Waals surface area contributed by atoms with Gasteiger partial charge in [-0.05, 0) is 19.1 Å². The molecule has 0 atom stereocenters. The third-order valence-electron chi connectivity index (χ3n) is 1.32. The number of rotatable bonds is 1. The van der Waals surface area contributed by atoms with E-state index in [9.17, 15) is 8.42 Å². The molecule has 0 bridgehead atoms. The first-order chi connectivity index (χ1) is 5.00. The second kappa shape index (κ2) is 4.85. The van der Waals surface area contributed by atoms with Gasteiger partial charge in [-0.2, -0.15) is 8.42 Å². The molecular formula is C7H9KO3S. The van der Waals surface area contributed by atoms with Gasteiger partial charge in [0.25, 0.3) is 10.1 Å². The van der Waals surface area contributed by atoms with Crippen molar-refractivity contribution in [2.45, 2.75) is 11.8 Å². The van der Waals surface area contributed by atoms with Gasteiger partial charge in [-0.1, -0.05) is 17.7 Å². The first kappa shape index (κ1) is 12.8. The summed E-state index contributed by atoms with van der Waals surface area (Å²) in [5.41, 5.74) is 0.956. The molecule has 62 valence electrons. The van der Waals surface area contributed by atoms with Crippen LogP contribution in [0.15, 0.2) is 29.2 Å². The van der Waals surface area contributed by atoms with Crippen molar-refractivity contribution in [3.05, 3.63) is 29.8 Å². The van der Waals surface area contributed by atoms with Gasteiger partial charge in [-0.15, -0.1) is 0 Å². The van der Waals surface area contributed by atoms with E-state index < -0.39 is 10.1 Å². The summed E-state index contributed by atoms with van der Waals surface area (Å²) < 4.78 is 29.6. The predicted molar refractivity (Wildman–Crippen MR) is 42.1 cm³/mol. The average Bonchev–Trinajstić information content (AvgIpc) is 1.86. The summed E-state index contributed by atoms with van der Waals surface area (Å²) in [4.78, 5) is -0.0666. The third-order valence-corrected chi connectivity index (χ3v) is 2.19. The van der Waals surface area contributed by atoms with E-state index in [2.05, 4.69) is 0 Å². The van der Waals surface area contributed by atoms with Crippen LogP contribution in [0.4, 0.5) is 0 Å². The molecule has 12 heavy (non-hydrogen) atoms. The molecule has 0 radical (unpaired) electrons. The molecule has 0 aliphatic carbocycles. The van der Waals surface area contributed by atoms with E-state index in [-0.39, 0.29) is 57.7 Å². The minimum Gasteiger partial charge on any atom is -1.00 e. The Morgan fingerprint density at radius 2 is 1.67 bits per heavy atom. The number of aryl methyl sites for hydroxylation is 1. The Kier molecular flexibility index (Phi) is 5.16. The maximum Gasteiger partial charge on any atom is 1.00 e. The summed E-state index contributed by atoms with van der Waals surface area (Å²) >= 11 is 0. The van der Waals surface area contributed by atoms with Gasteiger partial charge in [0, 0.05) is 0 Å². The Morgan fingerprint density at radius 1 is 1.25 bits per heavy atom. The first-order valence-electron chi connectivity index (χ1n) is 3.04. The van der Waals surface area contributed by atoms with Gasteiger partial charge in [-0.3, -0.25) is 4.55 Å². The van der Waals surface area contributed by atoms with Crippen LogP contribution in [0.5, 0.6) is 0 Å². The van der Waals surface area contributed by atoms with Gasteiger partial charge >= 0.3 is 51.4 Å². The van der Waals surface area contributed by atoms with E-state index in [4.69, 9.17) is 4.55 Å². The second-order valence-corrected chi connectivity index (χ2v) is 3.71. The topological polar surface area (TPSA) is 54.4 Å². The zero-order chi connectivity index (χ0) is 8.48. The van der Waals surface area contributed by atoms with Crippen LogP contribution in [0.1, 0.15) is 6.99 Å². The fourth-order valence-electron chi connectivity index (χ4n) is 0.710.